The summed E-state index contributed by atoms with van der Waals surface area (Å²) in [5.74, 6) is 0. The molecule has 2 rings (SSSR count). The van der Waals surface area contributed by atoms with Crippen LogP contribution in [-0.4, -0.2) is 13.1 Å². The molecule has 2 N–H and O–H groups in total. The maximum atomic E-state index is 12.5. The van der Waals surface area contributed by atoms with Crippen LogP contribution in [0.5, 0.6) is 0 Å². The molecule has 106 valence electrons. The highest BCUT2D eigenvalue weighted by atomic mass is 19.4. The van der Waals surface area contributed by atoms with Gasteiger partial charge in [0, 0.05) is 24.5 Å². The summed E-state index contributed by atoms with van der Waals surface area (Å²) >= 11 is 0. The Morgan fingerprint density at radius 3 is 2.00 bits per heavy atom. The molecule has 0 aliphatic carbocycles. The van der Waals surface area contributed by atoms with Crippen LogP contribution in [-0.2, 0) is 6.18 Å². The van der Waals surface area contributed by atoms with Gasteiger partial charge in [-0.1, -0.05) is 24.3 Å². The molecule has 20 heavy (non-hydrogen) atoms. The van der Waals surface area contributed by atoms with E-state index in [0.29, 0.717) is 18.8 Å². The fraction of sp³-hybridized carbons (Fsp3) is 0.200. The summed E-state index contributed by atoms with van der Waals surface area (Å²) in [6.45, 7) is 1.16. The minimum atomic E-state index is -4.31. The zero-order chi connectivity index (χ0) is 14.4. The number of para-hydroxylation sites is 1. The molecule has 0 unspecified atom stereocenters. The lowest BCUT2D eigenvalue weighted by Crippen LogP contribution is -2.14. The van der Waals surface area contributed by atoms with E-state index in [1.807, 2.05) is 30.3 Å². The van der Waals surface area contributed by atoms with Crippen molar-refractivity contribution in [3.8, 4) is 0 Å². The van der Waals surface area contributed by atoms with Crippen molar-refractivity contribution < 1.29 is 13.2 Å². The molecule has 2 nitrogen and oxygen atoms in total. The van der Waals surface area contributed by atoms with Gasteiger partial charge >= 0.3 is 6.18 Å². The second-order valence-corrected chi connectivity index (χ2v) is 4.30. The fourth-order valence-electron chi connectivity index (χ4n) is 1.78. The van der Waals surface area contributed by atoms with Crippen molar-refractivity contribution in [3.05, 3.63) is 60.2 Å². The molecule has 0 saturated heterocycles. The van der Waals surface area contributed by atoms with Crippen LogP contribution in [0.4, 0.5) is 24.5 Å². The summed E-state index contributed by atoms with van der Waals surface area (Å²) in [7, 11) is 0. The number of halogens is 3. The minimum absolute atomic E-state index is 0.467. The van der Waals surface area contributed by atoms with Gasteiger partial charge in [-0.15, -0.1) is 0 Å². The first-order valence-corrected chi connectivity index (χ1v) is 6.26. The van der Waals surface area contributed by atoms with Gasteiger partial charge in [0.2, 0.25) is 0 Å². The molecule has 0 heterocycles. The first-order chi connectivity index (χ1) is 9.55. The summed E-state index contributed by atoms with van der Waals surface area (Å²) in [6, 6.07) is 14.8. The third-order valence-corrected chi connectivity index (χ3v) is 2.75. The third-order valence-electron chi connectivity index (χ3n) is 2.75. The van der Waals surface area contributed by atoms with Crippen molar-refractivity contribution >= 4 is 11.4 Å². The standard InChI is InChI=1S/C15H15F3N2/c16-15(17,18)12-5-4-8-14(11-12)20-10-9-19-13-6-2-1-3-7-13/h1-8,11,19-20H,9-10H2. The lowest BCUT2D eigenvalue weighted by molar-refractivity contribution is -0.137. The maximum Gasteiger partial charge on any atom is 0.416 e. The predicted molar refractivity (Wildman–Crippen MR) is 74.9 cm³/mol. The van der Waals surface area contributed by atoms with Crippen LogP contribution in [0.25, 0.3) is 0 Å². The summed E-state index contributed by atoms with van der Waals surface area (Å²) in [6.07, 6.45) is -4.31. The molecule has 5 heteroatoms. The predicted octanol–water partition coefficient (Wildman–Crippen LogP) is 4.23. The number of alkyl halides is 3. The maximum absolute atomic E-state index is 12.5. The molecular formula is C15H15F3N2. The molecule has 0 fully saturated rings. The highest BCUT2D eigenvalue weighted by molar-refractivity contribution is 5.47. The molecule has 0 amide bonds. The molecule has 0 spiro atoms. The van der Waals surface area contributed by atoms with Crippen molar-refractivity contribution in [2.24, 2.45) is 0 Å². The lowest BCUT2D eigenvalue weighted by atomic mass is 10.2. The summed E-state index contributed by atoms with van der Waals surface area (Å²) in [4.78, 5) is 0. The smallest absolute Gasteiger partial charge is 0.383 e. The van der Waals surface area contributed by atoms with Gasteiger partial charge in [0.25, 0.3) is 0 Å². The average molecular weight is 280 g/mol. The quantitative estimate of drug-likeness (QED) is 0.801. The number of hydrogen-bond donors (Lipinski definition) is 2. The van der Waals surface area contributed by atoms with Crippen molar-refractivity contribution in [1.82, 2.24) is 0 Å². The Labute approximate surface area is 115 Å². The Bertz CT molecular complexity index is 538. The van der Waals surface area contributed by atoms with Crippen LogP contribution in [0, 0.1) is 0 Å². The largest absolute Gasteiger partial charge is 0.416 e. The monoisotopic (exact) mass is 280 g/mol. The van der Waals surface area contributed by atoms with Crippen LogP contribution >= 0.6 is 0 Å². The number of benzene rings is 2. The molecule has 2 aromatic carbocycles. The van der Waals surface area contributed by atoms with E-state index in [2.05, 4.69) is 10.6 Å². The van der Waals surface area contributed by atoms with Gasteiger partial charge in [-0.3, -0.25) is 0 Å². The number of anilines is 2. The zero-order valence-corrected chi connectivity index (χ0v) is 10.7. The summed E-state index contributed by atoms with van der Waals surface area (Å²) in [5, 5.41) is 6.14. The van der Waals surface area contributed by atoms with Gasteiger partial charge in [-0.2, -0.15) is 13.2 Å². The molecule has 0 saturated carbocycles. The van der Waals surface area contributed by atoms with E-state index < -0.39 is 11.7 Å². The van der Waals surface area contributed by atoms with E-state index in [0.717, 1.165) is 17.8 Å². The van der Waals surface area contributed by atoms with Crippen LogP contribution in [0.3, 0.4) is 0 Å². The van der Waals surface area contributed by atoms with Crippen molar-refractivity contribution in [3.63, 3.8) is 0 Å². The fourth-order valence-corrected chi connectivity index (χ4v) is 1.78. The topological polar surface area (TPSA) is 24.1 Å². The van der Waals surface area contributed by atoms with E-state index in [1.54, 1.807) is 6.07 Å². The number of nitrogens with one attached hydrogen (secondary N) is 2. The molecule has 0 aromatic heterocycles. The van der Waals surface area contributed by atoms with Gasteiger partial charge in [0.05, 0.1) is 5.56 Å². The lowest BCUT2D eigenvalue weighted by Gasteiger charge is -2.11. The highest BCUT2D eigenvalue weighted by Crippen LogP contribution is 2.30. The van der Waals surface area contributed by atoms with Gasteiger partial charge < -0.3 is 10.6 Å². The number of hydrogen-bond acceptors (Lipinski definition) is 2. The van der Waals surface area contributed by atoms with E-state index in [-0.39, 0.29) is 0 Å². The summed E-state index contributed by atoms with van der Waals surface area (Å²) < 4.78 is 37.6. The van der Waals surface area contributed by atoms with E-state index in [4.69, 9.17) is 0 Å². The van der Waals surface area contributed by atoms with Gasteiger partial charge in [0.15, 0.2) is 0 Å². The molecule has 0 bridgehead atoms. The Balaban J connectivity index is 1.83. The minimum Gasteiger partial charge on any atom is -0.383 e. The van der Waals surface area contributed by atoms with Crippen LogP contribution in [0.1, 0.15) is 5.56 Å². The van der Waals surface area contributed by atoms with Gasteiger partial charge in [0.1, 0.15) is 0 Å². The first-order valence-electron chi connectivity index (χ1n) is 6.26. The zero-order valence-electron chi connectivity index (χ0n) is 10.7. The molecule has 0 aliphatic heterocycles. The average Bonchev–Trinajstić information content (AvgIpc) is 2.44. The second-order valence-electron chi connectivity index (χ2n) is 4.30. The van der Waals surface area contributed by atoms with Gasteiger partial charge in [-0.25, -0.2) is 0 Å². The van der Waals surface area contributed by atoms with E-state index in [1.165, 1.54) is 6.07 Å². The van der Waals surface area contributed by atoms with Gasteiger partial charge in [-0.05, 0) is 30.3 Å². The Morgan fingerprint density at radius 2 is 1.35 bits per heavy atom. The first kappa shape index (κ1) is 14.2. The second kappa shape index (κ2) is 6.32. The van der Waals surface area contributed by atoms with Crippen LogP contribution < -0.4 is 10.6 Å². The Hall–Kier alpha value is -2.17. The van der Waals surface area contributed by atoms with E-state index in [9.17, 15) is 13.2 Å². The normalized spacial score (nSPS) is 11.2. The third kappa shape index (κ3) is 4.19. The molecule has 0 aliphatic rings. The van der Waals surface area contributed by atoms with Crippen molar-refractivity contribution in [1.29, 1.82) is 0 Å². The molecule has 2 aromatic rings. The van der Waals surface area contributed by atoms with Crippen LogP contribution in [0.2, 0.25) is 0 Å². The van der Waals surface area contributed by atoms with Crippen LogP contribution in [0.15, 0.2) is 54.6 Å². The SMILES string of the molecule is FC(F)(F)c1cccc(NCCNc2ccccc2)c1. The van der Waals surface area contributed by atoms with Crippen molar-refractivity contribution in [2.45, 2.75) is 6.18 Å². The molecule has 0 radical (unpaired) electrons. The molecule has 0 atom stereocenters. The Morgan fingerprint density at radius 1 is 0.750 bits per heavy atom. The van der Waals surface area contributed by atoms with Crippen molar-refractivity contribution in [2.75, 3.05) is 23.7 Å². The highest BCUT2D eigenvalue weighted by Gasteiger charge is 2.30. The number of rotatable bonds is 5. The Kier molecular flexibility index (Phi) is 4.50. The summed E-state index contributed by atoms with van der Waals surface area (Å²) in [5.41, 5.74) is 0.812. The molecular weight excluding hydrogens is 265 g/mol. The van der Waals surface area contributed by atoms with E-state index >= 15 is 0 Å².